The second-order valence-corrected chi connectivity index (χ2v) is 4.77. The van der Waals surface area contributed by atoms with Gasteiger partial charge in [0.25, 0.3) is 0 Å². The van der Waals surface area contributed by atoms with Crippen molar-refractivity contribution in [3.8, 4) is 6.07 Å². The van der Waals surface area contributed by atoms with E-state index in [0.717, 1.165) is 6.07 Å². The van der Waals surface area contributed by atoms with Gasteiger partial charge in [-0.05, 0) is 18.6 Å². The highest BCUT2D eigenvalue weighted by Crippen LogP contribution is 2.21. The molecule has 1 amide bonds. The number of carboxylic acid groups (broad SMARTS) is 1. The standard InChI is InChI=1S/C14H13FN2O3/c15-12-5-9(6-16)1-2-10(12)7-17-8-11(14(19)20)3-4-13(17)18/h1-2,5,11H,3-4,7-8H2,(H,19,20). The van der Waals surface area contributed by atoms with Gasteiger partial charge in [0.15, 0.2) is 0 Å². The summed E-state index contributed by atoms with van der Waals surface area (Å²) in [6, 6.07) is 5.86. The van der Waals surface area contributed by atoms with Crippen LogP contribution in [0.4, 0.5) is 4.39 Å². The van der Waals surface area contributed by atoms with Gasteiger partial charge in [-0.1, -0.05) is 6.07 Å². The summed E-state index contributed by atoms with van der Waals surface area (Å²) in [7, 11) is 0. The van der Waals surface area contributed by atoms with Crippen LogP contribution in [-0.2, 0) is 16.1 Å². The zero-order chi connectivity index (χ0) is 14.7. The van der Waals surface area contributed by atoms with Crippen LogP contribution in [-0.4, -0.2) is 28.4 Å². The molecule has 1 heterocycles. The summed E-state index contributed by atoms with van der Waals surface area (Å²) >= 11 is 0. The first-order valence-corrected chi connectivity index (χ1v) is 6.20. The van der Waals surface area contributed by atoms with E-state index in [2.05, 4.69) is 0 Å². The molecule has 2 rings (SSSR count). The molecule has 0 aliphatic carbocycles. The van der Waals surface area contributed by atoms with Gasteiger partial charge in [0.1, 0.15) is 5.82 Å². The average molecular weight is 276 g/mol. The van der Waals surface area contributed by atoms with E-state index < -0.39 is 17.7 Å². The Bertz CT molecular complexity index is 595. The van der Waals surface area contributed by atoms with Crippen LogP contribution in [0.25, 0.3) is 0 Å². The molecule has 1 aliphatic heterocycles. The Morgan fingerprint density at radius 3 is 2.90 bits per heavy atom. The molecule has 0 spiro atoms. The predicted molar refractivity (Wildman–Crippen MR) is 66.9 cm³/mol. The lowest BCUT2D eigenvalue weighted by Crippen LogP contribution is -2.42. The van der Waals surface area contributed by atoms with Gasteiger partial charge < -0.3 is 10.0 Å². The Hall–Kier alpha value is -2.42. The summed E-state index contributed by atoms with van der Waals surface area (Å²) in [6.07, 6.45) is 0.482. The van der Waals surface area contributed by atoms with E-state index in [1.165, 1.54) is 17.0 Å². The Morgan fingerprint density at radius 1 is 1.55 bits per heavy atom. The second-order valence-electron chi connectivity index (χ2n) is 4.77. The third kappa shape index (κ3) is 2.94. The highest BCUT2D eigenvalue weighted by atomic mass is 19.1. The number of benzene rings is 1. The minimum absolute atomic E-state index is 0.0279. The zero-order valence-corrected chi connectivity index (χ0v) is 10.7. The summed E-state index contributed by atoms with van der Waals surface area (Å²) in [5.74, 6) is -2.28. The lowest BCUT2D eigenvalue weighted by atomic mass is 9.97. The molecule has 1 saturated heterocycles. The minimum atomic E-state index is -0.942. The van der Waals surface area contributed by atoms with Crippen LogP contribution in [0.15, 0.2) is 18.2 Å². The molecule has 0 aromatic heterocycles. The number of halogens is 1. The number of carboxylic acids is 1. The molecule has 1 N–H and O–H groups in total. The molecule has 1 aromatic carbocycles. The maximum absolute atomic E-state index is 13.8. The van der Waals surface area contributed by atoms with E-state index >= 15 is 0 Å². The third-order valence-electron chi connectivity index (χ3n) is 3.39. The third-order valence-corrected chi connectivity index (χ3v) is 3.39. The highest BCUT2D eigenvalue weighted by molar-refractivity contribution is 5.80. The van der Waals surface area contributed by atoms with Crippen LogP contribution in [0, 0.1) is 23.1 Å². The van der Waals surface area contributed by atoms with Crippen molar-refractivity contribution in [1.82, 2.24) is 4.90 Å². The van der Waals surface area contributed by atoms with Crippen molar-refractivity contribution in [3.05, 3.63) is 35.1 Å². The fourth-order valence-corrected chi connectivity index (χ4v) is 2.22. The lowest BCUT2D eigenvalue weighted by Gasteiger charge is -2.30. The Kier molecular flexibility index (Phi) is 3.99. The normalized spacial score (nSPS) is 18.7. The summed E-state index contributed by atoms with van der Waals surface area (Å²) in [5, 5.41) is 17.6. The monoisotopic (exact) mass is 276 g/mol. The molecule has 0 radical (unpaired) electrons. The van der Waals surface area contributed by atoms with E-state index in [0.29, 0.717) is 6.42 Å². The van der Waals surface area contributed by atoms with Crippen LogP contribution in [0.2, 0.25) is 0 Å². The predicted octanol–water partition coefficient (Wildman–Crippen LogP) is 1.52. The van der Waals surface area contributed by atoms with Gasteiger partial charge in [-0.15, -0.1) is 0 Å². The van der Waals surface area contributed by atoms with Gasteiger partial charge in [-0.3, -0.25) is 9.59 Å². The van der Waals surface area contributed by atoms with Crippen LogP contribution >= 0.6 is 0 Å². The van der Waals surface area contributed by atoms with Gasteiger partial charge in [-0.2, -0.15) is 5.26 Å². The Labute approximate surface area is 115 Å². The number of rotatable bonds is 3. The summed E-state index contributed by atoms with van der Waals surface area (Å²) in [6.45, 7) is 0.119. The summed E-state index contributed by atoms with van der Waals surface area (Å²) < 4.78 is 13.8. The smallest absolute Gasteiger partial charge is 0.308 e. The molecule has 1 aromatic rings. The minimum Gasteiger partial charge on any atom is -0.481 e. The van der Waals surface area contributed by atoms with E-state index in [1.54, 1.807) is 0 Å². The largest absolute Gasteiger partial charge is 0.481 e. The number of nitriles is 1. The quantitative estimate of drug-likeness (QED) is 0.907. The molecule has 6 heteroatoms. The van der Waals surface area contributed by atoms with Crippen molar-refractivity contribution in [2.24, 2.45) is 5.92 Å². The highest BCUT2D eigenvalue weighted by Gasteiger charge is 2.30. The molecule has 20 heavy (non-hydrogen) atoms. The topological polar surface area (TPSA) is 81.4 Å². The molecule has 5 nitrogen and oxygen atoms in total. The van der Waals surface area contributed by atoms with Gasteiger partial charge in [-0.25, -0.2) is 4.39 Å². The van der Waals surface area contributed by atoms with E-state index in [-0.39, 0.29) is 36.5 Å². The fraction of sp³-hybridized carbons (Fsp3) is 0.357. The zero-order valence-electron chi connectivity index (χ0n) is 10.7. The van der Waals surface area contributed by atoms with Crippen molar-refractivity contribution in [2.75, 3.05) is 6.54 Å². The van der Waals surface area contributed by atoms with Crippen molar-refractivity contribution in [1.29, 1.82) is 5.26 Å². The first-order chi connectivity index (χ1) is 9.51. The molecular weight excluding hydrogens is 263 g/mol. The van der Waals surface area contributed by atoms with Gasteiger partial charge >= 0.3 is 5.97 Å². The molecule has 104 valence electrons. The number of hydrogen-bond acceptors (Lipinski definition) is 3. The lowest BCUT2D eigenvalue weighted by molar-refractivity contribution is -0.147. The van der Waals surface area contributed by atoms with Crippen molar-refractivity contribution in [2.45, 2.75) is 19.4 Å². The molecular formula is C14H13FN2O3. The van der Waals surface area contributed by atoms with Gasteiger partial charge in [0, 0.05) is 25.1 Å². The molecule has 1 aliphatic rings. The van der Waals surface area contributed by atoms with Crippen LogP contribution < -0.4 is 0 Å². The summed E-state index contributed by atoms with van der Waals surface area (Å²) in [4.78, 5) is 24.1. The number of aliphatic carboxylic acids is 1. The molecule has 1 unspecified atom stereocenters. The first-order valence-electron chi connectivity index (χ1n) is 6.20. The van der Waals surface area contributed by atoms with E-state index in [9.17, 15) is 14.0 Å². The Balaban J connectivity index is 2.14. The van der Waals surface area contributed by atoms with Crippen molar-refractivity contribution < 1.29 is 19.1 Å². The number of piperidine rings is 1. The summed E-state index contributed by atoms with van der Waals surface area (Å²) in [5.41, 5.74) is 0.489. The maximum Gasteiger partial charge on any atom is 0.308 e. The number of carbonyl (C=O) groups is 2. The van der Waals surface area contributed by atoms with Gasteiger partial charge in [0.05, 0.1) is 17.6 Å². The molecule has 1 atom stereocenters. The fourth-order valence-electron chi connectivity index (χ4n) is 2.22. The molecule has 0 saturated carbocycles. The van der Waals surface area contributed by atoms with E-state index in [1.807, 2.05) is 6.07 Å². The number of likely N-dealkylation sites (tertiary alicyclic amines) is 1. The van der Waals surface area contributed by atoms with Crippen LogP contribution in [0.5, 0.6) is 0 Å². The van der Waals surface area contributed by atoms with E-state index in [4.69, 9.17) is 10.4 Å². The van der Waals surface area contributed by atoms with Crippen molar-refractivity contribution in [3.63, 3.8) is 0 Å². The molecule has 1 fully saturated rings. The molecule has 0 bridgehead atoms. The van der Waals surface area contributed by atoms with Crippen LogP contribution in [0.1, 0.15) is 24.0 Å². The number of nitrogens with zero attached hydrogens (tertiary/aromatic N) is 2. The number of amides is 1. The average Bonchev–Trinajstić information content (AvgIpc) is 2.42. The van der Waals surface area contributed by atoms with Gasteiger partial charge in [0.2, 0.25) is 5.91 Å². The Morgan fingerprint density at radius 2 is 2.30 bits per heavy atom. The first kappa shape index (κ1) is 14.0. The van der Waals surface area contributed by atoms with Crippen molar-refractivity contribution >= 4 is 11.9 Å². The number of hydrogen-bond donors (Lipinski definition) is 1. The number of carbonyl (C=O) groups excluding carboxylic acids is 1. The maximum atomic E-state index is 13.8. The SMILES string of the molecule is N#Cc1ccc(CN2CC(C(=O)O)CCC2=O)c(F)c1. The van der Waals surface area contributed by atoms with Crippen LogP contribution in [0.3, 0.4) is 0 Å². The second kappa shape index (κ2) is 5.70.